The Morgan fingerprint density at radius 3 is 2.74 bits per heavy atom. The van der Waals surface area contributed by atoms with Crippen LogP contribution in [0.3, 0.4) is 0 Å². The van der Waals surface area contributed by atoms with Crippen molar-refractivity contribution in [2.24, 2.45) is 0 Å². The lowest BCUT2D eigenvalue weighted by atomic mass is 10.1. The Labute approximate surface area is 138 Å². The fourth-order valence-corrected chi connectivity index (χ4v) is 3.49. The van der Waals surface area contributed by atoms with Crippen LogP contribution in [-0.4, -0.2) is 21.8 Å². The first kappa shape index (κ1) is 14.2. The molecular formula is C18H17N3OS. The highest BCUT2D eigenvalue weighted by Crippen LogP contribution is 2.33. The standard InChI is InChI=1S/C18H17N3OS/c1-3-21(4-2)13-9-8-12-10-17(22-16(12)11-13)14-6-5-7-15-18(14)20-23-19-15/h5-11H,3-4H2,1-2H3. The maximum atomic E-state index is 6.12. The van der Waals surface area contributed by atoms with Crippen molar-refractivity contribution in [2.75, 3.05) is 18.0 Å². The van der Waals surface area contributed by atoms with E-state index in [2.05, 4.69) is 51.8 Å². The van der Waals surface area contributed by atoms with Gasteiger partial charge in [0, 0.05) is 35.8 Å². The molecule has 4 aromatic rings. The van der Waals surface area contributed by atoms with Gasteiger partial charge in [-0.1, -0.05) is 6.07 Å². The van der Waals surface area contributed by atoms with Gasteiger partial charge in [0.05, 0.1) is 11.7 Å². The van der Waals surface area contributed by atoms with E-state index < -0.39 is 0 Å². The molecule has 0 unspecified atom stereocenters. The summed E-state index contributed by atoms with van der Waals surface area (Å²) in [6.45, 7) is 6.30. The van der Waals surface area contributed by atoms with Crippen molar-refractivity contribution >= 4 is 39.4 Å². The van der Waals surface area contributed by atoms with Crippen LogP contribution in [0.2, 0.25) is 0 Å². The first-order valence-corrected chi connectivity index (χ1v) is 8.53. The zero-order valence-electron chi connectivity index (χ0n) is 13.1. The van der Waals surface area contributed by atoms with E-state index in [1.54, 1.807) is 0 Å². The average molecular weight is 323 g/mol. The third kappa shape index (κ3) is 2.37. The predicted octanol–water partition coefficient (Wildman–Crippen LogP) is 4.95. The SMILES string of the molecule is CCN(CC)c1ccc2cc(-c3cccc4nsnc34)oc2c1. The second-order valence-corrected chi connectivity index (χ2v) is 5.97. The molecule has 116 valence electrons. The molecule has 0 N–H and O–H groups in total. The Hall–Kier alpha value is -2.40. The molecule has 0 atom stereocenters. The highest BCUT2D eigenvalue weighted by atomic mass is 32.1. The van der Waals surface area contributed by atoms with Crippen molar-refractivity contribution in [1.29, 1.82) is 0 Å². The second kappa shape index (κ2) is 5.66. The molecule has 2 aromatic carbocycles. The topological polar surface area (TPSA) is 42.2 Å². The molecule has 0 saturated heterocycles. The Bertz CT molecular complexity index is 969. The van der Waals surface area contributed by atoms with Gasteiger partial charge in [0.15, 0.2) is 0 Å². The summed E-state index contributed by atoms with van der Waals surface area (Å²) >= 11 is 1.23. The summed E-state index contributed by atoms with van der Waals surface area (Å²) in [5.41, 5.74) is 4.91. The quantitative estimate of drug-likeness (QED) is 0.533. The molecule has 0 spiro atoms. The molecule has 2 aromatic heterocycles. The van der Waals surface area contributed by atoms with E-state index in [4.69, 9.17) is 4.42 Å². The number of nitrogens with zero attached hydrogens (tertiary/aromatic N) is 3. The minimum Gasteiger partial charge on any atom is -0.456 e. The summed E-state index contributed by atoms with van der Waals surface area (Å²) in [5, 5.41) is 1.11. The molecule has 0 fully saturated rings. The summed E-state index contributed by atoms with van der Waals surface area (Å²) in [6.07, 6.45) is 0. The number of furan rings is 1. The third-order valence-electron chi connectivity index (χ3n) is 4.18. The average Bonchev–Trinajstić information content (AvgIpc) is 3.21. The summed E-state index contributed by atoms with van der Waals surface area (Å²) < 4.78 is 14.8. The van der Waals surface area contributed by atoms with Gasteiger partial charge in [-0.2, -0.15) is 8.75 Å². The Kier molecular flexibility index (Phi) is 3.50. The van der Waals surface area contributed by atoms with Crippen LogP contribution in [0.1, 0.15) is 13.8 Å². The number of aromatic nitrogens is 2. The molecule has 0 bridgehead atoms. The second-order valence-electron chi connectivity index (χ2n) is 5.44. The van der Waals surface area contributed by atoms with Gasteiger partial charge in [0.1, 0.15) is 22.4 Å². The highest BCUT2D eigenvalue weighted by Gasteiger charge is 2.13. The van der Waals surface area contributed by atoms with Crippen LogP contribution in [0, 0.1) is 0 Å². The van der Waals surface area contributed by atoms with Gasteiger partial charge < -0.3 is 9.32 Å². The molecule has 4 nitrogen and oxygen atoms in total. The van der Waals surface area contributed by atoms with Crippen molar-refractivity contribution < 1.29 is 4.42 Å². The molecule has 4 rings (SSSR count). The minimum absolute atomic E-state index is 0.843. The summed E-state index contributed by atoms with van der Waals surface area (Å²) in [6, 6.07) is 14.5. The Morgan fingerprint density at radius 1 is 1.04 bits per heavy atom. The number of hydrogen-bond acceptors (Lipinski definition) is 5. The molecule has 0 aliphatic heterocycles. The largest absolute Gasteiger partial charge is 0.456 e. The summed E-state index contributed by atoms with van der Waals surface area (Å²) in [4.78, 5) is 2.31. The molecule has 0 saturated carbocycles. The van der Waals surface area contributed by atoms with Crippen LogP contribution in [0.15, 0.2) is 46.9 Å². The molecule has 23 heavy (non-hydrogen) atoms. The Balaban J connectivity index is 1.84. The van der Waals surface area contributed by atoms with E-state index in [1.165, 1.54) is 17.4 Å². The number of hydrogen-bond donors (Lipinski definition) is 0. The molecular weight excluding hydrogens is 306 g/mol. The zero-order chi connectivity index (χ0) is 15.8. The number of fused-ring (bicyclic) bond motifs is 2. The lowest BCUT2D eigenvalue weighted by Crippen LogP contribution is -2.21. The van der Waals surface area contributed by atoms with Crippen molar-refractivity contribution in [1.82, 2.24) is 8.75 Å². The van der Waals surface area contributed by atoms with Crippen LogP contribution in [0.25, 0.3) is 33.3 Å². The summed E-state index contributed by atoms with van der Waals surface area (Å²) in [7, 11) is 0. The molecule has 0 amide bonds. The monoisotopic (exact) mass is 323 g/mol. The van der Waals surface area contributed by atoms with Gasteiger partial charge >= 0.3 is 0 Å². The van der Waals surface area contributed by atoms with Crippen LogP contribution in [-0.2, 0) is 0 Å². The van der Waals surface area contributed by atoms with E-state index in [-0.39, 0.29) is 0 Å². The van der Waals surface area contributed by atoms with Gasteiger partial charge in [-0.15, -0.1) is 0 Å². The maximum Gasteiger partial charge on any atom is 0.137 e. The fourth-order valence-electron chi connectivity index (χ4n) is 2.94. The van der Waals surface area contributed by atoms with Crippen LogP contribution in [0.4, 0.5) is 5.69 Å². The van der Waals surface area contributed by atoms with Crippen molar-refractivity contribution in [3.63, 3.8) is 0 Å². The zero-order valence-corrected chi connectivity index (χ0v) is 13.9. The van der Waals surface area contributed by atoms with Gasteiger partial charge in [-0.3, -0.25) is 0 Å². The smallest absolute Gasteiger partial charge is 0.137 e. The minimum atomic E-state index is 0.843. The highest BCUT2D eigenvalue weighted by molar-refractivity contribution is 7.00. The Morgan fingerprint density at radius 2 is 1.91 bits per heavy atom. The normalized spacial score (nSPS) is 11.4. The van der Waals surface area contributed by atoms with Gasteiger partial charge in [-0.05, 0) is 44.2 Å². The van der Waals surface area contributed by atoms with E-state index in [0.717, 1.165) is 46.4 Å². The lowest BCUT2D eigenvalue weighted by Gasteiger charge is -2.20. The first-order chi connectivity index (χ1) is 11.3. The predicted molar refractivity (Wildman–Crippen MR) is 96.2 cm³/mol. The molecule has 2 heterocycles. The summed E-state index contributed by atoms with van der Waals surface area (Å²) in [5.74, 6) is 0.843. The lowest BCUT2D eigenvalue weighted by molar-refractivity contribution is 0.632. The van der Waals surface area contributed by atoms with E-state index in [1.807, 2.05) is 18.2 Å². The van der Waals surface area contributed by atoms with Crippen molar-refractivity contribution in [3.8, 4) is 11.3 Å². The van der Waals surface area contributed by atoms with Crippen molar-refractivity contribution in [2.45, 2.75) is 13.8 Å². The van der Waals surface area contributed by atoms with Crippen LogP contribution in [0.5, 0.6) is 0 Å². The molecule has 0 aliphatic rings. The molecule has 0 radical (unpaired) electrons. The van der Waals surface area contributed by atoms with Gasteiger partial charge in [0.25, 0.3) is 0 Å². The first-order valence-electron chi connectivity index (χ1n) is 7.80. The van der Waals surface area contributed by atoms with E-state index in [0.29, 0.717) is 0 Å². The number of rotatable bonds is 4. The van der Waals surface area contributed by atoms with Crippen LogP contribution < -0.4 is 4.90 Å². The molecule has 5 heteroatoms. The molecule has 0 aliphatic carbocycles. The van der Waals surface area contributed by atoms with Crippen LogP contribution >= 0.6 is 11.7 Å². The van der Waals surface area contributed by atoms with E-state index in [9.17, 15) is 0 Å². The van der Waals surface area contributed by atoms with Gasteiger partial charge in [-0.25, -0.2) is 0 Å². The van der Waals surface area contributed by atoms with Gasteiger partial charge in [0.2, 0.25) is 0 Å². The maximum absolute atomic E-state index is 6.12. The number of benzene rings is 2. The fraction of sp³-hybridized carbons (Fsp3) is 0.222. The third-order valence-corrected chi connectivity index (χ3v) is 4.73. The van der Waals surface area contributed by atoms with Crippen molar-refractivity contribution in [3.05, 3.63) is 42.5 Å². The van der Waals surface area contributed by atoms with E-state index >= 15 is 0 Å². The number of anilines is 1.